The normalized spacial score (nSPS) is 24.1. The van der Waals surface area contributed by atoms with Crippen LogP contribution in [0.1, 0.15) is 27.7 Å². The van der Waals surface area contributed by atoms with E-state index < -0.39 is 60.4 Å². The Balaban J connectivity index is 3.07. The summed E-state index contributed by atoms with van der Waals surface area (Å²) >= 11 is 0. The van der Waals surface area contributed by atoms with Crippen molar-refractivity contribution in [3.8, 4) is 0 Å². The predicted molar refractivity (Wildman–Crippen MR) is 107 cm³/mol. The molecule has 14 nitrogen and oxygen atoms in total. The molecule has 33 heavy (non-hydrogen) atoms. The fourth-order valence-electron chi connectivity index (χ4n) is 2.97. The van der Waals surface area contributed by atoms with E-state index in [1.54, 1.807) is 0 Å². The number of methoxy groups -OCH3 is 1. The summed E-state index contributed by atoms with van der Waals surface area (Å²) in [6, 6.07) is -1.27. The number of carbonyl (C=O) groups is 6. The molecule has 1 rings (SSSR count). The lowest BCUT2D eigenvalue weighted by Crippen LogP contribution is -2.67. The van der Waals surface area contributed by atoms with Crippen LogP contribution in [0.5, 0.6) is 0 Å². The van der Waals surface area contributed by atoms with Crippen molar-refractivity contribution in [1.82, 2.24) is 16.0 Å². The summed E-state index contributed by atoms with van der Waals surface area (Å²) in [5.41, 5.74) is 0. The Morgan fingerprint density at radius 3 is 1.88 bits per heavy atom. The minimum absolute atomic E-state index is 0.0192. The van der Waals surface area contributed by atoms with Gasteiger partial charge in [0.2, 0.25) is 5.91 Å². The van der Waals surface area contributed by atoms with Crippen LogP contribution in [0, 0.1) is 0 Å². The number of hydrogen-bond donors (Lipinski definition) is 3. The maximum absolute atomic E-state index is 12.4. The van der Waals surface area contributed by atoms with Gasteiger partial charge in [-0.1, -0.05) is 0 Å². The molecule has 186 valence electrons. The van der Waals surface area contributed by atoms with Crippen LogP contribution in [0.3, 0.4) is 0 Å². The molecule has 0 spiro atoms. The van der Waals surface area contributed by atoms with Crippen LogP contribution in [0.25, 0.3) is 0 Å². The van der Waals surface area contributed by atoms with E-state index in [1.807, 2.05) is 0 Å². The zero-order chi connectivity index (χ0) is 25.1. The minimum atomic E-state index is -1.35. The van der Waals surface area contributed by atoms with Gasteiger partial charge >= 0.3 is 29.7 Å². The number of ether oxygens (including phenoxy) is 5. The van der Waals surface area contributed by atoms with Crippen molar-refractivity contribution >= 4 is 35.6 Å². The van der Waals surface area contributed by atoms with E-state index in [2.05, 4.69) is 16.0 Å². The van der Waals surface area contributed by atoms with Gasteiger partial charge in [-0.15, -0.1) is 0 Å². The van der Waals surface area contributed by atoms with Gasteiger partial charge in [-0.05, 0) is 0 Å². The molecule has 1 saturated heterocycles. The topological polar surface area (TPSA) is 185 Å². The molecule has 0 aromatic rings. The Morgan fingerprint density at radius 1 is 0.788 bits per heavy atom. The number of esters is 3. The van der Waals surface area contributed by atoms with Crippen molar-refractivity contribution in [3.63, 3.8) is 0 Å². The van der Waals surface area contributed by atoms with E-state index in [0.717, 1.165) is 20.8 Å². The minimum Gasteiger partial charge on any atom is -0.463 e. The molecule has 1 fully saturated rings. The third kappa shape index (κ3) is 9.41. The first kappa shape index (κ1) is 27.8. The van der Waals surface area contributed by atoms with Gasteiger partial charge in [0.25, 0.3) is 0 Å². The van der Waals surface area contributed by atoms with Crippen molar-refractivity contribution in [3.05, 3.63) is 0 Å². The molecule has 0 aromatic heterocycles. The number of amides is 3. The van der Waals surface area contributed by atoms with Crippen LogP contribution in [-0.2, 0) is 52.5 Å². The Kier molecular flexibility index (Phi) is 11.2. The van der Waals surface area contributed by atoms with Gasteiger partial charge in [0.05, 0.1) is 0 Å². The highest BCUT2D eigenvalue weighted by Crippen LogP contribution is 2.27. The first-order valence-electron chi connectivity index (χ1n) is 9.95. The van der Waals surface area contributed by atoms with Gasteiger partial charge in [-0.25, -0.2) is 0 Å². The molecule has 0 radical (unpaired) electrons. The smallest absolute Gasteiger partial charge is 0.309 e. The van der Waals surface area contributed by atoms with Crippen molar-refractivity contribution in [1.29, 1.82) is 0 Å². The number of carbonyl (C=O) groups excluding carboxylic acids is 6. The average molecular weight is 475 g/mol. The highest BCUT2D eigenvalue weighted by molar-refractivity contribution is 6.35. The van der Waals surface area contributed by atoms with E-state index in [9.17, 15) is 28.8 Å². The molecule has 0 aliphatic carbocycles. The molecule has 3 N–H and O–H groups in total. The molecule has 1 aliphatic rings. The summed E-state index contributed by atoms with van der Waals surface area (Å²) in [6.45, 7) is 4.37. The molecular weight excluding hydrogens is 446 g/mol. The van der Waals surface area contributed by atoms with Crippen molar-refractivity contribution in [2.75, 3.05) is 26.8 Å². The van der Waals surface area contributed by atoms with E-state index in [-0.39, 0.29) is 25.6 Å². The largest absolute Gasteiger partial charge is 0.463 e. The lowest BCUT2D eigenvalue weighted by molar-refractivity contribution is -0.271. The second-order valence-corrected chi connectivity index (χ2v) is 6.97. The molecule has 1 heterocycles. The maximum Gasteiger partial charge on any atom is 0.309 e. The Bertz CT molecular complexity index is 757. The highest BCUT2D eigenvalue weighted by atomic mass is 16.7. The standard InChI is InChI=1S/C19H29N3O11/c1-9(23)20-6-7-21-17(27)18(28)22-14-16(32-12(4)26)15(31-11(3)25)13(8-30-10(2)24)33-19(14)29-5/h13-16,19H,6-8H2,1-5H3,(H,20,23)(H,21,27)(H,22,28)/t13-,14-,15-,16-,19+/m1/s1. The molecule has 5 atom stereocenters. The summed E-state index contributed by atoms with van der Waals surface area (Å²) < 4.78 is 26.3. The number of hydrogen-bond acceptors (Lipinski definition) is 11. The molecule has 1 aliphatic heterocycles. The van der Waals surface area contributed by atoms with Gasteiger partial charge in [0, 0.05) is 47.9 Å². The van der Waals surface area contributed by atoms with Gasteiger partial charge in [0.15, 0.2) is 18.5 Å². The quantitative estimate of drug-likeness (QED) is 0.139. The molecular formula is C19H29N3O11. The van der Waals surface area contributed by atoms with Gasteiger partial charge in [0.1, 0.15) is 18.8 Å². The average Bonchev–Trinajstić information content (AvgIpc) is 2.71. The van der Waals surface area contributed by atoms with Crippen LogP contribution in [0.15, 0.2) is 0 Å². The second kappa shape index (κ2) is 13.3. The third-order valence-corrected chi connectivity index (χ3v) is 4.22. The summed E-state index contributed by atoms with van der Waals surface area (Å²) in [7, 11) is 1.23. The summed E-state index contributed by atoms with van der Waals surface area (Å²) in [6.07, 6.45) is -5.02. The van der Waals surface area contributed by atoms with Crippen LogP contribution in [0.2, 0.25) is 0 Å². The summed E-state index contributed by atoms with van der Waals surface area (Å²) in [5.74, 6) is -4.64. The highest BCUT2D eigenvalue weighted by Gasteiger charge is 2.51. The number of rotatable bonds is 9. The van der Waals surface area contributed by atoms with Crippen LogP contribution >= 0.6 is 0 Å². The first-order valence-corrected chi connectivity index (χ1v) is 9.95. The summed E-state index contributed by atoms with van der Waals surface area (Å²) in [4.78, 5) is 70.0. The molecule has 3 amide bonds. The molecule has 0 bridgehead atoms. The second-order valence-electron chi connectivity index (χ2n) is 6.97. The Labute approximate surface area is 189 Å². The van der Waals surface area contributed by atoms with E-state index in [1.165, 1.54) is 14.0 Å². The summed E-state index contributed by atoms with van der Waals surface area (Å²) in [5, 5.41) is 7.10. The lowest BCUT2D eigenvalue weighted by atomic mass is 9.96. The van der Waals surface area contributed by atoms with E-state index >= 15 is 0 Å². The molecule has 14 heteroatoms. The monoisotopic (exact) mass is 475 g/mol. The zero-order valence-electron chi connectivity index (χ0n) is 19.0. The van der Waals surface area contributed by atoms with Crippen LogP contribution in [0.4, 0.5) is 0 Å². The number of nitrogens with one attached hydrogen (secondary N) is 3. The van der Waals surface area contributed by atoms with Gasteiger partial charge < -0.3 is 39.6 Å². The van der Waals surface area contributed by atoms with Crippen molar-refractivity contribution in [2.24, 2.45) is 0 Å². The van der Waals surface area contributed by atoms with Crippen LogP contribution in [-0.4, -0.2) is 93.1 Å². The third-order valence-electron chi connectivity index (χ3n) is 4.22. The molecule has 0 aromatic carbocycles. The van der Waals surface area contributed by atoms with E-state index in [0.29, 0.717) is 0 Å². The Morgan fingerprint density at radius 2 is 1.36 bits per heavy atom. The zero-order valence-corrected chi connectivity index (χ0v) is 19.0. The first-order chi connectivity index (χ1) is 15.5. The maximum atomic E-state index is 12.4. The SMILES string of the molecule is CO[C@H]1O[C@H](COC(C)=O)[C@@H](OC(C)=O)[C@H](OC(C)=O)[C@H]1NC(=O)C(=O)NCCNC(C)=O. The van der Waals surface area contributed by atoms with Gasteiger partial charge in [-0.2, -0.15) is 0 Å². The molecule has 0 saturated carbocycles. The van der Waals surface area contributed by atoms with Crippen molar-refractivity contribution in [2.45, 2.75) is 58.3 Å². The van der Waals surface area contributed by atoms with Gasteiger partial charge in [-0.3, -0.25) is 28.8 Å². The van der Waals surface area contributed by atoms with Crippen LogP contribution < -0.4 is 16.0 Å². The van der Waals surface area contributed by atoms with Crippen molar-refractivity contribution < 1.29 is 52.5 Å². The van der Waals surface area contributed by atoms with E-state index in [4.69, 9.17) is 23.7 Å². The predicted octanol–water partition coefficient (Wildman–Crippen LogP) is -2.48. The lowest BCUT2D eigenvalue weighted by Gasteiger charge is -2.44. The fourth-order valence-corrected chi connectivity index (χ4v) is 2.97. The fraction of sp³-hybridized carbons (Fsp3) is 0.684. The molecule has 0 unspecified atom stereocenters. The Hall–Kier alpha value is -3.26.